The second-order valence-corrected chi connectivity index (χ2v) is 11.0. The van der Waals surface area contributed by atoms with Crippen molar-refractivity contribution < 1.29 is 21.6 Å². The number of benzene rings is 1. The first-order valence-corrected chi connectivity index (χ1v) is 12.7. The Morgan fingerprint density at radius 2 is 1.88 bits per heavy atom. The van der Waals surface area contributed by atoms with Crippen LogP contribution in [0.1, 0.15) is 41.0 Å². The van der Waals surface area contributed by atoms with E-state index in [1.165, 1.54) is 17.0 Å². The van der Waals surface area contributed by atoms with Crippen LogP contribution in [-0.4, -0.2) is 24.6 Å². The first-order valence-electron chi connectivity index (χ1n) is 9.96. The number of nitrogens with zero attached hydrogens (tertiary/aromatic N) is 2. The largest absolute Gasteiger partial charge is 0.420 e. The molecule has 2 aliphatic rings. The van der Waals surface area contributed by atoms with E-state index in [9.17, 15) is 21.6 Å². The van der Waals surface area contributed by atoms with Crippen molar-refractivity contribution in [2.75, 3.05) is 11.6 Å². The van der Waals surface area contributed by atoms with E-state index in [1.807, 2.05) is 6.07 Å². The molecule has 1 fully saturated rings. The average Bonchev–Trinajstić information content (AvgIpc) is 3.23. The number of aromatic nitrogens is 2. The highest BCUT2D eigenvalue weighted by molar-refractivity contribution is 7.90. The Kier molecular flexibility index (Phi) is 5.02. The Labute approximate surface area is 186 Å². The van der Waals surface area contributed by atoms with E-state index >= 15 is 0 Å². The van der Waals surface area contributed by atoms with E-state index < -0.39 is 21.6 Å². The lowest BCUT2D eigenvalue weighted by molar-refractivity contribution is -0.137. The SMILES string of the molecule is CS(=O)(=O)c1csc(-c2nc(Nc3cc4c(cc3C3CC3)CNC4)ncc2C(F)(F)F)c1. The third-order valence-corrected chi connectivity index (χ3v) is 7.78. The highest BCUT2D eigenvalue weighted by Gasteiger charge is 2.36. The Bertz CT molecular complexity index is 1320. The van der Waals surface area contributed by atoms with E-state index in [0.717, 1.165) is 66.5 Å². The van der Waals surface area contributed by atoms with Crippen LogP contribution in [0.3, 0.4) is 0 Å². The molecule has 1 saturated carbocycles. The maximum absolute atomic E-state index is 13.6. The van der Waals surface area contributed by atoms with Crippen molar-refractivity contribution in [2.45, 2.75) is 42.9 Å². The lowest BCUT2D eigenvalue weighted by Crippen LogP contribution is -2.11. The number of alkyl halides is 3. The van der Waals surface area contributed by atoms with Gasteiger partial charge in [0.05, 0.1) is 15.5 Å². The second-order valence-electron chi connectivity index (χ2n) is 8.08. The molecule has 0 spiro atoms. The van der Waals surface area contributed by atoms with Gasteiger partial charge < -0.3 is 10.6 Å². The van der Waals surface area contributed by atoms with E-state index in [-0.39, 0.29) is 21.4 Å². The molecular formula is C21H19F3N4O2S2. The molecule has 1 aliphatic heterocycles. The average molecular weight is 481 g/mol. The quantitative estimate of drug-likeness (QED) is 0.543. The summed E-state index contributed by atoms with van der Waals surface area (Å²) in [5, 5.41) is 7.74. The van der Waals surface area contributed by atoms with Gasteiger partial charge in [-0.1, -0.05) is 6.07 Å². The number of thiophene rings is 1. The molecule has 0 amide bonds. The highest BCUT2D eigenvalue weighted by Crippen LogP contribution is 2.45. The molecule has 11 heteroatoms. The minimum atomic E-state index is -4.68. The normalized spacial score (nSPS) is 16.2. The summed E-state index contributed by atoms with van der Waals surface area (Å²) in [5.74, 6) is 0.460. The summed E-state index contributed by atoms with van der Waals surface area (Å²) in [6.07, 6.45) is -0.775. The molecule has 1 aromatic carbocycles. The van der Waals surface area contributed by atoms with E-state index in [1.54, 1.807) is 0 Å². The smallest absolute Gasteiger partial charge is 0.324 e. The fraction of sp³-hybridized carbons (Fsp3) is 0.333. The standard InChI is InChI=1S/C21H19F3N4O2S2/c1-32(29,30)14-6-18(31-10-14)19-16(21(22,23)24)9-26-20(28-19)27-17-5-13-8-25-7-12(13)4-15(17)11-2-3-11/h4-6,9-11,25H,2-3,7-8H2,1H3,(H,26,27,28). The van der Waals surface area contributed by atoms with Gasteiger partial charge in [-0.05, 0) is 47.6 Å². The number of hydrogen-bond acceptors (Lipinski definition) is 7. The molecule has 0 bridgehead atoms. The molecule has 2 N–H and O–H groups in total. The zero-order valence-electron chi connectivity index (χ0n) is 17.0. The Morgan fingerprint density at radius 3 is 2.50 bits per heavy atom. The van der Waals surface area contributed by atoms with Gasteiger partial charge in [0, 0.05) is 36.6 Å². The number of anilines is 2. The van der Waals surface area contributed by atoms with Crippen LogP contribution in [0.5, 0.6) is 0 Å². The van der Waals surface area contributed by atoms with Crippen molar-refractivity contribution in [1.82, 2.24) is 15.3 Å². The summed E-state index contributed by atoms with van der Waals surface area (Å²) in [7, 11) is -3.55. The van der Waals surface area contributed by atoms with Gasteiger partial charge in [0.2, 0.25) is 5.95 Å². The maximum atomic E-state index is 13.6. The van der Waals surface area contributed by atoms with Crippen LogP contribution in [0.2, 0.25) is 0 Å². The number of halogens is 3. The molecule has 5 rings (SSSR count). The van der Waals surface area contributed by atoms with Crippen LogP contribution < -0.4 is 10.6 Å². The summed E-state index contributed by atoms with van der Waals surface area (Å²) >= 11 is 0.904. The first kappa shape index (κ1) is 21.4. The molecule has 2 aromatic heterocycles. The zero-order chi connectivity index (χ0) is 22.7. The molecular weight excluding hydrogens is 461 g/mol. The van der Waals surface area contributed by atoms with Crippen LogP contribution in [0, 0.1) is 0 Å². The van der Waals surface area contributed by atoms with Gasteiger partial charge in [-0.15, -0.1) is 11.3 Å². The van der Waals surface area contributed by atoms with Crippen molar-refractivity contribution in [3.8, 4) is 10.6 Å². The molecule has 1 aliphatic carbocycles. The van der Waals surface area contributed by atoms with Crippen molar-refractivity contribution in [2.24, 2.45) is 0 Å². The molecule has 32 heavy (non-hydrogen) atoms. The van der Waals surface area contributed by atoms with Crippen LogP contribution in [0.4, 0.5) is 24.8 Å². The van der Waals surface area contributed by atoms with Crippen LogP contribution in [-0.2, 0) is 29.1 Å². The summed E-state index contributed by atoms with van der Waals surface area (Å²) in [6, 6.07) is 5.38. The van der Waals surface area contributed by atoms with Gasteiger partial charge in [-0.3, -0.25) is 0 Å². The van der Waals surface area contributed by atoms with Crippen molar-refractivity contribution in [3.05, 3.63) is 52.0 Å². The molecule has 6 nitrogen and oxygen atoms in total. The van der Waals surface area contributed by atoms with Gasteiger partial charge in [-0.25, -0.2) is 18.4 Å². The predicted molar refractivity (Wildman–Crippen MR) is 116 cm³/mol. The van der Waals surface area contributed by atoms with Gasteiger partial charge in [-0.2, -0.15) is 13.2 Å². The fourth-order valence-electron chi connectivity index (χ4n) is 3.80. The summed E-state index contributed by atoms with van der Waals surface area (Å²) in [6.45, 7) is 1.54. The molecule has 3 aromatic rings. The van der Waals surface area contributed by atoms with E-state index in [0.29, 0.717) is 5.92 Å². The van der Waals surface area contributed by atoms with Gasteiger partial charge in [0.25, 0.3) is 0 Å². The Morgan fingerprint density at radius 1 is 1.16 bits per heavy atom. The Balaban J connectivity index is 1.57. The van der Waals surface area contributed by atoms with Crippen LogP contribution >= 0.6 is 11.3 Å². The summed E-state index contributed by atoms with van der Waals surface area (Å²) < 4.78 is 64.5. The minimum absolute atomic E-state index is 0.0371. The lowest BCUT2D eigenvalue weighted by Gasteiger charge is -2.15. The van der Waals surface area contributed by atoms with Crippen molar-refractivity contribution >= 4 is 32.8 Å². The number of rotatable bonds is 5. The summed E-state index contributed by atoms with van der Waals surface area (Å²) in [4.78, 5) is 8.17. The highest BCUT2D eigenvalue weighted by atomic mass is 32.2. The monoisotopic (exact) mass is 480 g/mol. The maximum Gasteiger partial charge on any atom is 0.420 e. The van der Waals surface area contributed by atoms with E-state index in [4.69, 9.17) is 0 Å². The van der Waals surface area contributed by atoms with Crippen molar-refractivity contribution in [3.63, 3.8) is 0 Å². The number of hydrogen-bond donors (Lipinski definition) is 2. The topological polar surface area (TPSA) is 84.0 Å². The molecule has 3 heterocycles. The third kappa shape index (κ3) is 4.12. The van der Waals surface area contributed by atoms with Crippen molar-refractivity contribution in [1.29, 1.82) is 0 Å². The van der Waals surface area contributed by atoms with Gasteiger partial charge in [0.15, 0.2) is 9.84 Å². The molecule has 0 saturated heterocycles. The number of sulfone groups is 1. The molecule has 168 valence electrons. The molecule has 0 atom stereocenters. The van der Waals surface area contributed by atoms with E-state index in [2.05, 4.69) is 26.7 Å². The second kappa shape index (κ2) is 7.53. The number of nitrogens with one attached hydrogen (secondary N) is 2. The van der Waals surface area contributed by atoms with Crippen LogP contribution in [0.25, 0.3) is 10.6 Å². The summed E-state index contributed by atoms with van der Waals surface area (Å²) in [5.41, 5.74) is 2.94. The predicted octanol–water partition coefficient (Wildman–Crippen LogP) is 4.85. The van der Waals surface area contributed by atoms with Gasteiger partial charge in [0.1, 0.15) is 5.56 Å². The Hall–Kier alpha value is -2.50. The fourth-order valence-corrected chi connectivity index (χ4v) is 5.83. The molecule has 0 unspecified atom stereocenters. The van der Waals surface area contributed by atoms with Crippen LogP contribution in [0.15, 0.2) is 34.7 Å². The van der Waals surface area contributed by atoms with Gasteiger partial charge >= 0.3 is 6.18 Å². The molecule has 0 radical (unpaired) electrons. The first-order chi connectivity index (χ1) is 15.1. The number of fused-ring (bicyclic) bond motifs is 1. The third-order valence-electron chi connectivity index (χ3n) is 5.60. The minimum Gasteiger partial charge on any atom is -0.324 e. The lowest BCUT2D eigenvalue weighted by atomic mass is 10.0. The zero-order valence-corrected chi connectivity index (χ0v) is 18.6.